The number of hydrogen-bond acceptors (Lipinski definition) is 3. The van der Waals surface area contributed by atoms with Gasteiger partial charge in [0, 0.05) is 24.7 Å². The molecule has 0 aromatic heterocycles. The molecule has 1 aliphatic heterocycles. The third-order valence-corrected chi connectivity index (χ3v) is 4.95. The van der Waals surface area contributed by atoms with Gasteiger partial charge in [0.25, 0.3) is 0 Å². The van der Waals surface area contributed by atoms with Gasteiger partial charge < -0.3 is 10.2 Å². The van der Waals surface area contributed by atoms with Crippen molar-refractivity contribution in [2.45, 2.75) is 11.3 Å². The maximum Gasteiger partial charge on any atom is 0.317 e. The van der Waals surface area contributed by atoms with E-state index in [9.17, 15) is 13.2 Å². The SMILES string of the molecule is O=C(NCCS(=O)(=O)c1ccc(Cl)cc1)N1CCC1. The highest BCUT2D eigenvalue weighted by Crippen LogP contribution is 2.15. The van der Waals surface area contributed by atoms with Crippen LogP contribution in [0.3, 0.4) is 0 Å². The van der Waals surface area contributed by atoms with Crippen molar-refractivity contribution in [3.63, 3.8) is 0 Å². The maximum atomic E-state index is 12.0. The average Bonchev–Trinajstić information content (AvgIpc) is 2.26. The number of amides is 2. The van der Waals surface area contributed by atoms with E-state index in [1.807, 2.05) is 0 Å². The van der Waals surface area contributed by atoms with Crippen LogP contribution in [0.15, 0.2) is 29.2 Å². The highest BCUT2D eigenvalue weighted by Gasteiger charge is 2.20. The molecular weight excluding hydrogens is 288 g/mol. The summed E-state index contributed by atoms with van der Waals surface area (Å²) in [6, 6.07) is 5.81. The van der Waals surface area contributed by atoms with Gasteiger partial charge in [-0.05, 0) is 30.7 Å². The lowest BCUT2D eigenvalue weighted by atomic mass is 10.2. The summed E-state index contributed by atoms with van der Waals surface area (Å²) in [7, 11) is -3.38. The standard InChI is InChI=1S/C12H15ClN2O3S/c13-10-2-4-11(5-3-10)19(17,18)9-6-14-12(16)15-7-1-8-15/h2-5H,1,6-9H2,(H,14,16). The number of rotatable bonds is 4. The Balaban J connectivity index is 1.87. The third-order valence-electron chi connectivity index (χ3n) is 2.96. The number of nitrogens with zero attached hydrogens (tertiary/aromatic N) is 1. The summed E-state index contributed by atoms with van der Waals surface area (Å²) in [6.07, 6.45) is 1.01. The maximum absolute atomic E-state index is 12.0. The van der Waals surface area contributed by atoms with Crippen molar-refractivity contribution >= 4 is 27.5 Å². The molecule has 0 unspecified atom stereocenters. The molecule has 104 valence electrons. The second-order valence-corrected chi connectivity index (χ2v) is 6.89. The van der Waals surface area contributed by atoms with E-state index in [1.54, 1.807) is 4.90 Å². The van der Waals surface area contributed by atoms with Crippen LogP contribution in [-0.2, 0) is 9.84 Å². The van der Waals surface area contributed by atoms with Gasteiger partial charge in [0.15, 0.2) is 9.84 Å². The lowest BCUT2D eigenvalue weighted by Gasteiger charge is -2.30. The Morgan fingerprint density at radius 1 is 1.26 bits per heavy atom. The lowest BCUT2D eigenvalue weighted by Crippen LogP contribution is -2.48. The van der Waals surface area contributed by atoms with Crippen molar-refractivity contribution in [3.05, 3.63) is 29.3 Å². The smallest absolute Gasteiger partial charge is 0.317 e. The molecule has 0 radical (unpaired) electrons. The summed E-state index contributed by atoms with van der Waals surface area (Å²) < 4.78 is 23.9. The molecule has 1 aromatic carbocycles. The highest BCUT2D eigenvalue weighted by molar-refractivity contribution is 7.91. The summed E-state index contributed by atoms with van der Waals surface area (Å²) in [5.74, 6) is -0.117. The first-order valence-electron chi connectivity index (χ1n) is 6.00. The molecule has 2 rings (SSSR count). The number of benzene rings is 1. The Hall–Kier alpha value is -1.27. The summed E-state index contributed by atoms with van der Waals surface area (Å²) in [5, 5.41) is 3.09. The van der Waals surface area contributed by atoms with E-state index in [0.29, 0.717) is 5.02 Å². The molecular formula is C12H15ClN2O3S. The van der Waals surface area contributed by atoms with Crippen LogP contribution in [0, 0.1) is 0 Å². The van der Waals surface area contributed by atoms with Gasteiger partial charge in [0.1, 0.15) is 0 Å². The minimum atomic E-state index is -3.38. The van der Waals surface area contributed by atoms with E-state index in [-0.39, 0.29) is 23.2 Å². The first kappa shape index (κ1) is 14.1. The molecule has 5 nitrogen and oxygen atoms in total. The zero-order valence-electron chi connectivity index (χ0n) is 10.3. The van der Waals surface area contributed by atoms with Gasteiger partial charge in [0.2, 0.25) is 0 Å². The number of sulfone groups is 1. The zero-order chi connectivity index (χ0) is 13.9. The topological polar surface area (TPSA) is 66.5 Å². The number of halogens is 1. The monoisotopic (exact) mass is 302 g/mol. The molecule has 19 heavy (non-hydrogen) atoms. The van der Waals surface area contributed by atoms with Crippen LogP contribution in [0.5, 0.6) is 0 Å². The number of hydrogen-bond donors (Lipinski definition) is 1. The fraction of sp³-hybridized carbons (Fsp3) is 0.417. The van der Waals surface area contributed by atoms with Crippen molar-refractivity contribution in [1.29, 1.82) is 0 Å². The van der Waals surface area contributed by atoms with Crippen molar-refractivity contribution in [3.8, 4) is 0 Å². The van der Waals surface area contributed by atoms with Crippen molar-refractivity contribution in [1.82, 2.24) is 10.2 Å². The Morgan fingerprint density at radius 3 is 2.42 bits per heavy atom. The van der Waals surface area contributed by atoms with Crippen LogP contribution in [0.4, 0.5) is 4.79 Å². The van der Waals surface area contributed by atoms with Crippen LogP contribution < -0.4 is 5.32 Å². The predicted octanol–water partition coefficient (Wildman–Crippen LogP) is 1.53. The number of likely N-dealkylation sites (tertiary alicyclic amines) is 1. The first-order chi connectivity index (χ1) is 8.99. The number of carbonyl (C=O) groups is 1. The van der Waals surface area contributed by atoms with Gasteiger partial charge >= 0.3 is 6.03 Å². The van der Waals surface area contributed by atoms with Crippen LogP contribution in [0.25, 0.3) is 0 Å². The quantitative estimate of drug-likeness (QED) is 0.917. The molecule has 0 aliphatic carbocycles. The highest BCUT2D eigenvalue weighted by atomic mass is 35.5. The van der Waals surface area contributed by atoms with E-state index in [1.165, 1.54) is 24.3 Å². The largest absolute Gasteiger partial charge is 0.337 e. The molecule has 1 saturated heterocycles. The van der Waals surface area contributed by atoms with E-state index in [2.05, 4.69) is 5.32 Å². The Morgan fingerprint density at radius 2 is 1.89 bits per heavy atom. The number of carbonyl (C=O) groups excluding carboxylic acids is 1. The van der Waals surface area contributed by atoms with Gasteiger partial charge in [-0.3, -0.25) is 0 Å². The van der Waals surface area contributed by atoms with E-state index in [4.69, 9.17) is 11.6 Å². The predicted molar refractivity (Wildman–Crippen MR) is 73.1 cm³/mol. The second-order valence-electron chi connectivity index (χ2n) is 4.35. The van der Waals surface area contributed by atoms with E-state index < -0.39 is 9.84 Å². The third kappa shape index (κ3) is 3.61. The Kier molecular flexibility index (Phi) is 4.31. The van der Waals surface area contributed by atoms with E-state index in [0.717, 1.165) is 19.5 Å². The van der Waals surface area contributed by atoms with Gasteiger partial charge in [-0.15, -0.1) is 0 Å². The molecule has 0 bridgehead atoms. The average molecular weight is 303 g/mol. The normalized spacial score (nSPS) is 14.9. The molecule has 7 heteroatoms. The fourth-order valence-electron chi connectivity index (χ4n) is 1.68. The molecule has 1 aliphatic rings. The van der Waals surface area contributed by atoms with Gasteiger partial charge in [-0.1, -0.05) is 11.6 Å². The van der Waals surface area contributed by atoms with Crippen LogP contribution in [0.1, 0.15) is 6.42 Å². The molecule has 0 spiro atoms. The van der Waals surface area contributed by atoms with Crippen LogP contribution >= 0.6 is 11.6 Å². The Bertz CT molecular complexity index is 553. The molecule has 1 fully saturated rings. The molecule has 2 amide bonds. The Labute approximate surface area is 117 Å². The molecule has 1 aromatic rings. The molecule has 0 atom stereocenters. The summed E-state index contributed by atoms with van der Waals surface area (Å²) in [4.78, 5) is 13.4. The summed E-state index contributed by atoms with van der Waals surface area (Å²) >= 11 is 5.71. The number of nitrogens with one attached hydrogen (secondary N) is 1. The molecule has 1 N–H and O–H groups in total. The molecule has 0 saturated carbocycles. The minimum absolute atomic E-state index is 0.111. The zero-order valence-corrected chi connectivity index (χ0v) is 11.9. The van der Waals surface area contributed by atoms with Gasteiger partial charge in [0.05, 0.1) is 10.6 Å². The van der Waals surface area contributed by atoms with Crippen molar-refractivity contribution < 1.29 is 13.2 Å². The molecule has 1 heterocycles. The second kappa shape index (κ2) is 5.79. The van der Waals surface area contributed by atoms with Crippen molar-refractivity contribution in [2.75, 3.05) is 25.4 Å². The van der Waals surface area contributed by atoms with Crippen LogP contribution in [-0.4, -0.2) is 44.7 Å². The van der Waals surface area contributed by atoms with Gasteiger partial charge in [-0.25, -0.2) is 13.2 Å². The fourth-order valence-corrected chi connectivity index (χ4v) is 2.97. The first-order valence-corrected chi connectivity index (χ1v) is 8.03. The van der Waals surface area contributed by atoms with Crippen LogP contribution in [0.2, 0.25) is 5.02 Å². The number of urea groups is 1. The van der Waals surface area contributed by atoms with E-state index >= 15 is 0 Å². The van der Waals surface area contributed by atoms with Gasteiger partial charge in [-0.2, -0.15) is 0 Å². The summed E-state index contributed by atoms with van der Waals surface area (Å²) in [6.45, 7) is 1.60. The van der Waals surface area contributed by atoms with Crippen molar-refractivity contribution in [2.24, 2.45) is 0 Å². The lowest BCUT2D eigenvalue weighted by molar-refractivity contribution is 0.168. The summed E-state index contributed by atoms with van der Waals surface area (Å²) in [5.41, 5.74) is 0. The minimum Gasteiger partial charge on any atom is -0.337 e.